The lowest BCUT2D eigenvalue weighted by atomic mass is 9.95. The molecule has 0 fully saturated rings. The largest absolute Gasteiger partial charge is 0.493 e. The van der Waals surface area contributed by atoms with Gasteiger partial charge in [0, 0.05) is 11.3 Å². The van der Waals surface area contributed by atoms with E-state index >= 15 is 0 Å². The van der Waals surface area contributed by atoms with Crippen molar-refractivity contribution in [3.05, 3.63) is 64.9 Å². The molecule has 0 aliphatic carbocycles. The van der Waals surface area contributed by atoms with Gasteiger partial charge in [0.25, 0.3) is 5.91 Å². The Labute approximate surface area is 236 Å². The van der Waals surface area contributed by atoms with E-state index in [0.29, 0.717) is 22.6 Å². The van der Waals surface area contributed by atoms with Crippen molar-refractivity contribution in [2.24, 2.45) is 5.10 Å². The lowest BCUT2D eigenvalue weighted by Crippen LogP contribution is -2.45. The first-order valence-corrected chi connectivity index (χ1v) is 12.7. The molecule has 218 valence electrons. The molecule has 0 radical (unpaired) electrons. The number of rotatable bonds is 13. The Morgan fingerprint density at radius 3 is 2.44 bits per heavy atom. The maximum Gasteiger partial charge on any atom is 0.344 e. The summed E-state index contributed by atoms with van der Waals surface area (Å²) >= 11 is 0. The van der Waals surface area contributed by atoms with E-state index in [0.717, 1.165) is 0 Å². The van der Waals surface area contributed by atoms with Crippen LogP contribution in [0, 0.1) is 0 Å². The van der Waals surface area contributed by atoms with Gasteiger partial charge in [-0.1, -0.05) is 18.2 Å². The summed E-state index contributed by atoms with van der Waals surface area (Å²) in [6.45, 7) is 4.79. The number of amides is 3. The topological polar surface area (TPSA) is 163 Å². The lowest BCUT2D eigenvalue weighted by Gasteiger charge is -2.28. The van der Waals surface area contributed by atoms with Crippen LogP contribution < -0.4 is 30.3 Å². The number of para-hydroxylation sites is 1. The number of nitrogens with zero attached hydrogens (tertiary/aromatic N) is 1. The molecular formula is C28H32N4O9. The fraction of sp³-hybridized carbons (Fsp3) is 0.321. The first kappa shape index (κ1) is 30.5. The van der Waals surface area contributed by atoms with Crippen molar-refractivity contribution >= 4 is 30.1 Å². The number of hydrogen-bond donors (Lipinski definition) is 3. The minimum atomic E-state index is -0.785. The maximum absolute atomic E-state index is 12.6. The molecule has 13 nitrogen and oxygen atoms in total. The summed E-state index contributed by atoms with van der Waals surface area (Å²) in [6.07, 6.45) is 1.37. The van der Waals surface area contributed by atoms with Crippen LogP contribution in [0.5, 0.6) is 17.2 Å². The van der Waals surface area contributed by atoms with Gasteiger partial charge < -0.3 is 34.3 Å². The van der Waals surface area contributed by atoms with Crippen LogP contribution in [-0.4, -0.2) is 63.6 Å². The normalized spacial score (nSPS) is 14.5. The number of nitrogens with one attached hydrogen (secondary N) is 3. The van der Waals surface area contributed by atoms with Gasteiger partial charge in [0.2, 0.25) is 0 Å². The van der Waals surface area contributed by atoms with Crippen LogP contribution in [0.15, 0.2) is 58.8 Å². The van der Waals surface area contributed by atoms with Gasteiger partial charge in [0.1, 0.15) is 5.75 Å². The van der Waals surface area contributed by atoms with Gasteiger partial charge >= 0.3 is 18.0 Å². The van der Waals surface area contributed by atoms with Crippen molar-refractivity contribution in [2.75, 3.05) is 33.5 Å². The highest BCUT2D eigenvalue weighted by molar-refractivity contribution is 5.95. The van der Waals surface area contributed by atoms with E-state index in [2.05, 4.69) is 21.2 Å². The Hall–Kier alpha value is -5.07. The van der Waals surface area contributed by atoms with E-state index in [-0.39, 0.29) is 43.5 Å². The summed E-state index contributed by atoms with van der Waals surface area (Å²) in [5.41, 5.74) is 4.07. The van der Waals surface area contributed by atoms with Crippen molar-refractivity contribution in [1.82, 2.24) is 16.1 Å². The molecule has 0 aromatic heterocycles. The first-order valence-electron chi connectivity index (χ1n) is 12.7. The van der Waals surface area contributed by atoms with Gasteiger partial charge in [0.15, 0.2) is 24.7 Å². The Balaban J connectivity index is 1.63. The molecule has 2 aromatic carbocycles. The number of hydrogen-bond acceptors (Lipinski definition) is 10. The van der Waals surface area contributed by atoms with E-state index in [4.69, 9.17) is 23.7 Å². The Bertz CT molecular complexity index is 1340. The predicted octanol–water partition coefficient (Wildman–Crippen LogP) is 2.36. The van der Waals surface area contributed by atoms with Crippen LogP contribution in [0.4, 0.5) is 4.79 Å². The standard InChI is InChI=1S/C28H32N4O9/c1-5-38-24(34)16-41-20-10-8-7-9-19(20)14-29-32-23(33)15-40-21-12-11-18(13-22(21)37-4)26-25(27(35)39-6-2)17(3)30-28(36)31-26/h7-14,26H,5-6,15-16H2,1-4H3,(H,32,33)(H2,30,31,36)/b29-14+/t26-/m0/s1. The molecule has 2 aromatic rings. The third kappa shape index (κ3) is 8.46. The average molecular weight is 569 g/mol. The fourth-order valence-electron chi connectivity index (χ4n) is 3.81. The highest BCUT2D eigenvalue weighted by Crippen LogP contribution is 2.34. The smallest absolute Gasteiger partial charge is 0.344 e. The molecular weight excluding hydrogens is 536 g/mol. The maximum atomic E-state index is 12.6. The molecule has 1 aliphatic heterocycles. The zero-order valence-electron chi connectivity index (χ0n) is 23.1. The quantitative estimate of drug-likeness (QED) is 0.187. The summed E-state index contributed by atoms with van der Waals surface area (Å²) in [5, 5.41) is 9.22. The number of urea groups is 1. The van der Waals surface area contributed by atoms with Crippen molar-refractivity contribution < 1.29 is 42.9 Å². The highest BCUT2D eigenvalue weighted by Gasteiger charge is 2.32. The molecule has 3 rings (SSSR count). The molecule has 3 N–H and O–H groups in total. The lowest BCUT2D eigenvalue weighted by molar-refractivity contribution is -0.145. The summed E-state index contributed by atoms with van der Waals surface area (Å²) < 4.78 is 26.5. The number of carbonyl (C=O) groups excluding carboxylic acids is 4. The second-order valence-electron chi connectivity index (χ2n) is 8.41. The van der Waals surface area contributed by atoms with Crippen LogP contribution in [0.3, 0.4) is 0 Å². The summed E-state index contributed by atoms with van der Waals surface area (Å²) in [6, 6.07) is 10.4. The van der Waals surface area contributed by atoms with Crippen LogP contribution in [0.2, 0.25) is 0 Å². The van der Waals surface area contributed by atoms with Gasteiger partial charge in [-0.25, -0.2) is 19.8 Å². The average Bonchev–Trinajstić information content (AvgIpc) is 2.95. The molecule has 0 unspecified atom stereocenters. The van der Waals surface area contributed by atoms with Crippen molar-refractivity contribution in [3.63, 3.8) is 0 Å². The second kappa shape index (κ2) is 14.9. The Morgan fingerprint density at radius 1 is 0.976 bits per heavy atom. The van der Waals surface area contributed by atoms with E-state index in [1.807, 2.05) is 0 Å². The third-order valence-corrected chi connectivity index (χ3v) is 5.61. The first-order chi connectivity index (χ1) is 19.8. The van der Waals surface area contributed by atoms with Gasteiger partial charge in [-0.05, 0) is 50.6 Å². The van der Waals surface area contributed by atoms with E-state index in [1.165, 1.54) is 13.3 Å². The van der Waals surface area contributed by atoms with Gasteiger partial charge in [-0.2, -0.15) is 5.10 Å². The number of methoxy groups -OCH3 is 1. The van der Waals surface area contributed by atoms with Crippen molar-refractivity contribution in [3.8, 4) is 17.2 Å². The van der Waals surface area contributed by atoms with Crippen LogP contribution >= 0.6 is 0 Å². The number of ether oxygens (including phenoxy) is 5. The molecule has 3 amide bonds. The number of allylic oxidation sites excluding steroid dienone is 1. The van der Waals surface area contributed by atoms with Gasteiger partial charge in [-0.3, -0.25) is 4.79 Å². The molecule has 0 bridgehead atoms. The van der Waals surface area contributed by atoms with Crippen molar-refractivity contribution in [2.45, 2.75) is 26.8 Å². The molecule has 1 atom stereocenters. The van der Waals surface area contributed by atoms with Crippen molar-refractivity contribution in [1.29, 1.82) is 0 Å². The van der Waals surface area contributed by atoms with E-state index < -0.39 is 29.9 Å². The minimum absolute atomic E-state index is 0.175. The number of benzene rings is 2. The highest BCUT2D eigenvalue weighted by atomic mass is 16.6. The minimum Gasteiger partial charge on any atom is -0.493 e. The summed E-state index contributed by atoms with van der Waals surface area (Å²) in [4.78, 5) is 48.6. The number of hydrazone groups is 1. The zero-order chi connectivity index (χ0) is 29.8. The second-order valence-corrected chi connectivity index (χ2v) is 8.41. The molecule has 1 aliphatic rings. The Kier molecular flexibility index (Phi) is 11.1. The third-order valence-electron chi connectivity index (χ3n) is 5.61. The number of carbonyl (C=O) groups is 4. The SMILES string of the molecule is CCOC(=O)COc1ccccc1/C=N/NC(=O)COc1ccc([C@@H]2NC(=O)NC(C)=C2C(=O)OCC)cc1OC. The van der Waals surface area contributed by atoms with Gasteiger partial charge in [-0.15, -0.1) is 0 Å². The van der Waals surface area contributed by atoms with E-state index in [1.54, 1.807) is 63.2 Å². The fourth-order valence-corrected chi connectivity index (χ4v) is 3.81. The van der Waals surface area contributed by atoms with Crippen LogP contribution in [0.1, 0.15) is 37.9 Å². The zero-order valence-corrected chi connectivity index (χ0v) is 23.1. The molecule has 13 heteroatoms. The number of esters is 2. The Morgan fingerprint density at radius 2 is 1.71 bits per heavy atom. The summed E-state index contributed by atoms with van der Waals surface area (Å²) in [7, 11) is 1.42. The molecule has 0 saturated carbocycles. The molecule has 1 heterocycles. The van der Waals surface area contributed by atoms with E-state index in [9.17, 15) is 19.2 Å². The summed E-state index contributed by atoms with van der Waals surface area (Å²) in [5.74, 6) is -0.689. The van der Waals surface area contributed by atoms with Crippen LogP contribution in [0.25, 0.3) is 0 Å². The molecule has 0 saturated heterocycles. The molecule has 0 spiro atoms. The predicted molar refractivity (Wildman–Crippen MR) is 147 cm³/mol. The monoisotopic (exact) mass is 568 g/mol. The van der Waals surface area contributed by atoms with Crippen LogP contribution in [-0.2, 0) is 23.9 Å². The van der Waals surface area contributed by atoms with Gasteiger partial charge in [0.05, 0.1) is 38.2 Å². The molecule has 41 heavy (non-hydrogen) atoms.